The van der Waals surface area contributed by atoms with Gasteiger partial charge < -0.3 is 10.6 Å². The maximum Gasteiger partial charge on any atom is 0.330 e. The molecule has 0 radical (unpaired) electrons. The van der Waals surface area contributed by atoms with Crippen LogP contribution in [0.2, 0.25) is 0 Å². The number of imidazole rings is 1. The molecule has 0 atom stereocenters. The first-order chi connectivity index (χ1) is 16.5. The van der Waals surface area contributed by atoms with Crippen molar-refractivity contribution in [3.63, 3.8) is 0 Å². The Morgan fingerprint density at radius 3 is 1.68 bits per heavy atom. The van der Waals surface area contributed by atoms with Crippen LogP contribution in [0.4, 0.5) is 0 Å². The molecule has 0 aliphatic rings. The lowest BCUT2D eigenvalue weighted by atomic mass is 10.1. The third kappa shape index (κ3) is 5.43. The Hall–Kier alpha value is -4.13. The maximum absolute atomic E-state index is 13.3. The minimum Gasteiger partial charge on any atom is -0.350 e. The van der Waals surface area contributed by atoms with E-state index in [1.165, 1.54) is 9.13 Å². The highest BCUT2D eigenvalue weighted by atomic mass is 16.2. The first kappa shape index (κ1) is 23.0. The molecule has 1 aromatic heterocycles. The molecule has 0 aliphatic carbocycles. The van der Waals surface area contributed by atoms with Crippen LogP contribution in [0.15, 0.2) is 83.7 Å². The van der Waals surface area contributed by atoms with Crippen LogP contribution in [-0.2, 0) is 42.2 Å². The number of carbonyl (C=O) groups is 2. The predicted octanol–water partition coefficient (Wildman–Crippen LogP) is 3.00. The Balaban J connectivity index is 1.54. The molecule has 0 saturated heterocycles. The second-order valence-electron chi connectivity index (χ2n) is 8.16. The third-order valence-corrected chi connectivity index (χ3v) is 5.76. The van der Waals surface area contributed by atoms with Crippen molar-refractivity contribution in [2.45, 2.75) is 39.5 Å². The quantitative estimate of drug-likeness (QED) is 0.406. The van der Waals surface area contributed by atoms with E-state index in [9.17, 15) is 14.4 Å². The van der Waals surface area contributed by atoms with Crippen LogP contribution in [0.5, 0.6) is 0 Å². The van der Waals surface area contributed by atoms with Gasteiger partial charge in [-0.05, 0) is 35.2 Å². The summed E-state index contributed by atoms with van der Waals surface area (Å²) in [4.78, 5) is 38.6. The van der Waals surface area contributed by atoms with E-state index in [-0.39, 0.29) is 30.6 Å². The number of hydrogen-bond acceptors (Lipinski definition) is 3. The number of rotatable bonds is 9. The average molecular weight is 457 g/mol. The fourth-order valence-electron chi connectivity index (χ4n) is 3.88. The van der Waals surface area contributed by atoms with E-state index < -0.39 is 0 Å². The molecule has 0 unspecified atom stereocenters. The number of aromatic nitrogens is 2. The molecule has 0 spiro atoms. The normalized spacial score (nSPS) is 10.9. The van der Waals surface area contributed by atoms with Gasteiger partial charge in [-0.25, -0.2) is 4.79 Å². The number of benzene rings is 3. The summed E-state index contributed by atoms with van der Waals surface area (Å²) in [5.74, 6) is -0.529. The van der Waals surface area contributed by atoms with E-state index in [2.05, 4.69) is 10.6 Å². The number of amides is 2. The molecule has 2 amide bonds. The fourth-order valence-corrected chi connectivity index (χ4v) is 3.88. The summed E-state index contributed by atoms with van der Waals surface area (Å²) in [5.41, 5.74) is 3.91. The van der Waals surface area contributed by atoms with Crippen molar-refractivity contribution in [1.82, 2.24) is 19.8 Å². The highest BCUT2D eigenvalue weighted by Gasteiger charge is 2.18. The Morgan fingerprint density at radius 2 is 1.18 bits per heavy atom. The number of fused-ring (bicyclic) bond motifs is 1. The van der Waals surface area contributed by atoms with Crippen LogP contribution in [0.1, 0.15) is 23.6 Å². The number of aryl methyl sites for hydroxylation is 1. The molecule has 7 nitrogen and oxygen atoms in total. The van der Waals surface area contributed by atoms with E-state index in [1.807, 2.05) is 85.8 Å². The number of nitrogens with zero attached hydrogens (tertiary/aromatic N) is 2. The van der Waals surface area contributed by atoms with E-state index in [4.69, 9.17) is 0 Å². The van der Waals surface area contributed by atoms with Crippen molar-refractivity contribution in [1.29, 1.82) is 0 Å². The highest BCUT2D eigenvalue weighted by Crippen LogP contribution is 2.16. The zero-order valence-corrected chi connectivity index (χ0v) is 19.2. The molecule has 34 heavy (non-hydrogen) atoms. The van der Waals surface area contributed by atoms with Crippen molar-refractivity contribution in [2.75, 3.05) is 0 Å². The molecule has 0 aliphatic heterocycles. The smallest absolute Gasteiger partial charge is 0.330 e. The van der Waals surface area contributed by atoms with Crippen LogP contribution in [-0.4, -0.2) is 20.9 Å². The lowest BCUT2D eigenvalue weighted by molar-refractivity contribution is -0.122. The molecule has 4 rings (SSSR count). The Morgan fingerprint density at radius 1 is 0.676 bits per heavy atom. The lowest BCUT2D eigenvalue weighted by Gasteiger charge is -2.07. The molecule has 4 aromatic rings. The summed E-state index contributed by atoms with van der Waals surface area (Å²) >= 11 is 0. The van der Waals surface area contributed by atoms with Crippen LogP contribution >= 0.6 is 0 Å². The molecular weight excluding hydrogens is 428 g/mol. The second-order valence-corrected chi connectivity index (χ2v) is 8.16. The Kier molecular flexibility index (Phi) is 7.22. The molecule has 3 aromatic carbocycles. The van der Waals surface area contributed by atoms with Gasteiger partial charge in [-0.1, -0.05) is 73.7 Å². The van der Waals surface area contributed by atoms with Crippen molar-refractivity contribution >= 4 is 22.8 Å². The van der Waals surface area contributed by atoms with Gasteiger partial charge in [-0.3, -0.25) is 18.7 Å². The summed E-state index contributed by atoms with van der Waals surface area (Å²) in [6, 6.07) is 24.9. The SMILES string of the molecule is CCc1ccc2c(c1)n(CC(=O)NCc1ccccc1)c(=O)n2CC(=O)NCc1ccccc1. The summed E-state index contributed by atoms with van der Waals surface area (Å²) in [6.45, 7) is 2.56. The summed E-state index contributed by atoms with van der Waals surface area (Å²) in [6.07, 6.45) is 0.799. The Labute approximate surface area is 198 Å². The molecule has 0 bridgehead atoms. The maximum atomic E-state index is 13.3. The minimum atomic E-state index is -0.382. The standard InChI is InChI=1S/C27H28N4O3/c1-2-20-13-14-23-24(15-20)31(19-26(33)29-17-22-11-7-4-8-12-22)27(34)30(23)18-25(32)28-16-21-9-5-3-6-10-21/h3-15H,2,16-19H2,1H3,(H,28,32)(H,29,33). The second kappa shape index (κ2) is 10.7. The van der Waals surface area contributed by atoms with Crippen molar-refractivity contribution in [3.05, 3.63) is 106 Å². The summed E-state index contributed by atoms with van der Waals surface area (Å²) in [7, 11) is 0. The highest BCUT2D eigenvalue weighted by molar-refractivity contribution is 5.83. The molecule has 174 valence electrons. The zero-order chi connectivity index (χ0) is 23.9. The molecule has 7 heteroatoms. The first-order valence-electron chi connectivity index (χ1n) is 11.4. The van der Waals surface area contributed by atoms with E-state index in [0.717, 1.165) is 23.1 Å². The summed E-state index contributed by atoms with van der Waals surface area (Å²) < 4.78 is 2.87. The predicted molar refractivity (Wildman–Crippen MR) is 132 cm³/mol. The molecule has 1 heterocycles. The van der Waals surface area contributed by atoms with Gasteiger partial charge in [0, 0.05) is 13.1 Å². The van der Waals surface area contributed by atoms with Gasteiger partial charge in [-0.2, -0.15) is 0 Å². The lowest BCUT2D eigenvalue weighted by Crippen LogP contribution is -2.35. The molecular formula is C27H28N4O3. The molecule has 0 saturated carbocycles. The monoisotopic (exact) mass is 456 g/mol. The van der Waals surface area contributed by atoms with Gasteiger partial charge in [0.25, 0.3) is 0 Å². The Bertz CT molecular complexity index is 1340. The number of nitrogens with one attached hydrogen (secondary N) is 2. The first-order valence-corrected chi connectivity index (χ1v) is 11.4. The average Bonchev–Trinajstić information content (AvgIpc) is 3.12. The van der Waals surface area contributed by atoms with Gasteiger partial charge in [-0.15, -0.1) is 0 Å². The third-order valence-electron chi connectivity index (χ3n) is 5.76. The van der Waals surface area contributed by atoms with Gasteiger partial charge in [0.05, 0.1) is 11.0 Å². The van der Waals surface area contributed by atoms with Crippen molar-refractivity contribution in [3.8, 4) is 0 Å². The zero-order valence-electron chi connectivity index (χ0n) is 19.2. The van der Waals surface area contributed by atoms with Crippen LogP contribution < -0.4 is 16.3 Å². The van der Waals surface area contributed by atoms with Gasteiger partial charge in [0.1, 0.15) is 13.1 Å². The van der Waals surface area contributed by atoms with Crippen LogP contribution in [0, 0.1) is 0 Å². The van der Waals surface area contributed by atoms with E-state index in [1.54, 1.807) is 0 Å². The minimum absolute atomic E-state index is 0.117. The summed E-state index contributed by atoms with van der Waals surface area (Å²) in [5, 5.41) is 5.73. The molecule has 0 fully saturated rings. The fraction of sp³-hybridized carbons (Fsp3) is 0.222. The van der Waals surface area contributed by atoms with Gasteiger partial charge >= 0.3 is 5.69 Å². The molecule has 2 N–H and O–H groups in total. The van der Waals surface area contributed by atoms with E-state index in [0.29, 0.717) is 24.1 Å². The largest absolute Gasteiger partial charge is 0.350 e. The van der Waals surface area contributed by atoms with Crippen LogP contribution in [0.3, 0.4) is 0 Å². The van der Waals surface area contributed by atoms with E-state index >= 15 is 0 Å². The van der Waals surface area contributed by atoms with Crippen LogP contribution in [0.25, 0.3) is 11.0 Å². The van der Waals surface area contributed by atoms with Gasteiger partial charge in [0.2, 0.25) is 11.8 Å². The van der Waals surface area contributed by atoms with Crippen molar-refractivity contribution < 1.29 is 9.59 Å². The number of carbonyl (C=O) groups excluding carboxylic acids is 2. The topological polar surface area (TPSA) is 85.1 Å². The number of hydrogen-bond donors (Lipinski definition) is 2. The van der Waals surface area contributed by atoms with Gasteiger partial charge in [0.15, 0.2) is 0 Å². The van der Waals surface area contributed by atoms with Crippen molar-refractivity contribution in [2.24, 2.45) is 0 Å².